The monoisotopic (exact) mass is 293 g/mol. The van der Waals surface area contributed by atoms with Crippen molar-refractivity contribution in [2.75, 3.05) is 0 Å². The van der Waals surface area contributed by atoms with Crippen LogP contribution in [0.5, 0.6) is 0 Å². The number of carbonyl (C=O) groups excluding carboxylic acids is 1. The van der Waals surface area contributed by atoms with Crippen molar-refractivity contribution in [1.82, 2.24) is 14.7 Å². The van der Waals surface area contributed by atoms with Crippen LogP contribution in [0.4, 0.5) is 0 Å². The van der Waals surface area contributed by atoms with Gasteiger partial charge in [-0.1, -0.05) is 36.4 Å². The van der Waals surface area contributed by atoms with E-state index in [2.05, 4.69) is 10.3 Å². The van der Waals surface area contributed by atoms with Gasteiger partial charge in [-0.05, 0) is 31.0 Å². The van der Waals surface area contributed by atoms with Crippen molar-refractivity contribution in [3.8, 4) is 0 Å². The summed E-state index contributed by atoms with van der Waals surface area (Å²) < 4.78 is 2.03. The molecule has 1 amide bonds. The van der Waals surface area contributed by atoms with Gasteiger partial charge in [0.05, 0.1) is 12.2 Å². The number of rotatable bonds is 5. The molecule has 2 heterocycles. The van der Waals surface area contributed by atoms with Crippen molar-refractivity contribution in [2.45, 2.75) is 26.3 Å². The van der Waals surface area contributed by atoms with E-state index in [9.17, 15) is 4.79 Å². The number of amides is 1. The molecule has 0 spiro atoms. The number of aromatic nitrogens is 2. The van der Waals surface area contributed by atoms with Gasteiger partial charge >= 0.3 is 0 Å². The van der Waals surface area contributed by atoms with Crippen LogP contribution in [0.1, 0.15) is 23.4 Å². The van der Waals surface area contributed by atoms with Crippen LogP contribution in [-0.4, -0.2) is 15.3 Å². The highest BCUT2D eigenvalue weighted by atomic mass is 16.1. The predicted molar refractivity (Wildman–Crippen MR) is 86.5 cm³/mol. The summed E-state index contributed by atoms with van der Waals surface area (Å²) >= 11 is 0. The maximum atomic E-state index is 11.9. The van der Waals surface area contributed by atoms with Gasteiger partial charge in [0.15, 0.2) is 0 Å². The van der Waals surface area contributed by atoms with Crippen LogP contribution in [0.15, 0.2) is 54.7 Å². The third-order valence-corrected chi connectivity index (χ3v) is 3.70. The van der Waals surface area contributed by atoms with Crippen molar-refractivity contribution in [1.29, 1.82) is 0 Å². The van der Waals surface area contributed by atoms with E-state index < -0.39 is 0 Å². The number of aryl methyl sites for hydroxylation is 2. The molecule has 0 unspecified atom stereocenters. The maximum absolute atomic E-state index is 11.9. The molecule has 0 aliphatic heterocycles. The van der Waals surface area contributed by atoms with E-state index in [4.69, 9.17) is 0 Å². The maximum Gasteiger partial charge on any atom is 0.220 e. The van der Waals surface area contributed by atoms with E-state index >= 15 is 0 Å². The van der Waals surface area contributed by atoms with Crippen LogP contribution in [0.2, 0.25) is 0 Å². The molecule has 4 heteroatoms. The molecule has 22 heavy (non-hydrogen) atoms. The van der Waals surface area contributed by atoms with Gasteiger partial charge in [-0.3, -0.25) is 4.79 Å². The van der Waals surface area contributed by atoms with Gasteiger partial charge in [-0.25, -0.2) is 4.98 Å². The summed E-state index contributed by atoms with van der Waals surface area (Å²) in [6, 6.07) is 16.0. The highest BCUT2D eigenvalue weighted by Crippen LogP contribution is 2.08. The van der Waals surface area contributed by atoms with Gasteiger partial charge in [-0.2, -0.15) is 0 Å². The minimum atomic E-state index is 0.0534. The van der Waals surface area contributed by atoms with Gasteiger partial charge in [0.25, 0.3) is 0 Å². The van der Waals surface area contributed by atoms with Gasteiger partial charge in [0, 0.05) is 18.3 Å². The lowest BCUT2D eigenvalue weighted by Crippen LogP contribution is -2.23. The van der Waals surface area contributed by atoms with Crippen LogP contribution >= 0.6 is 0 Å². The molecule has 0 aliphatic carbocycles. The zero-order valence-electron chi connectivity index (χ0n) is 12.6. The Bertz CT molecular complexity index is 777. The summed E-state index contributed by atoms with van der Waals surface area (Å²) in [7, 11) is 0. The Morgan fingerprint density at radius 3 is 2.73 bits per heavy atom. The summed E-state index contributed by atoms with van der Waals surface area (Å²) in [5.74, 6) is 0.0534. The lowest BCUT2D eigenvalue weighted by molar-refractivity contribution is -0.121. The second kappa shape index (κ2) is 6.43. The number of pyridine rings is 1. The summed E-state index contributed by atoms with van der Waals surface area (Å²) in [6.45, 7) is 2.51. The van der Waals surface area contributed by atoms with Crippen LogP contribution in [0.25, 0.3) is 5.65 Å². The first kappa shape index (κ1) is 14.3. The Hall–Kier alpha value is -2.62. The molecule has 1 N–H and O–H groups in total. The lowest BCUT2D eigenvalue weighted by atomic mass is 10.1. The normalized spacial score (nSPS) is 10.8. The molecule has 0 aliphatic rings. The van der Waals surface area contributed by atoms with Crippen molar-refractivity contribution in [3.63, 3.8) is 0 Å². The Morgan fingerprint density at radius 1 is 1.14 bits per heavy atom. The van der Waals surface area contributed by atoms with E-state index in [0.29, 0.717) is 13.0 Å². The van der Waals surface area contributed by atoms with Gasteiger partial charge in [0.1, 0.15) is 5.65 Å². The molecule has 0 saturated heterocycles. The minimum absolute atomic E-state index is 0.0534. The van der Waals surface area contributed by atoms with E-state index in [1.54, 1.807) is 0 Å². The number of nitrogens with zero attached hydrogens (tertiary/aromatic N) is 2. The van der Waals surface area contributed by atoms with Crippen LogP contribution < -0.4 is 5.32 Å². The fraction of sp³-hybridized carbons (Fsp3) is 0.222. The van der Waals surface area contributed by atoms with Gasteiger partial charge < -0.3 is 9.72 Å². The van der Waals surface area contributed by atoms with Crippen molar-refractivity contribution in [2.24, 2.45) is 0 Å². The molecule has 0 radical (unpaired) electrons. The standard InChI is InChI=1S/C18H19N3O/c1-14-6-5-9-17-20-16(13-21(14)17)12-19-18(22)11-10-15-7-3-2-4-8-15/h2-9,13H,10-12H2,1H3,(H,19,22). The quantitative estimate of drug-likeness (QED) is 0.786. The molecule has 112 valence electrons. The third-order valence-electron chi connectivity index (χ3n) is 3.70. The molecule has 0 bridgehead atoms. The number of hydrogen-bond donors (Lipinski definition) is 1. The number of imidazole rings is 1. The van der Waals surface area contributed by atoms with Crippen LogP contribution in [0.3, 0.4) is 0 Å². The number of nitrogens with one attached hydrogen (secondary N) is 1. The highest BCUT2D eigenvalue weighted by molar-refractivity contribution is 5.76. The summed E-state index contributed by atoms with van der Waals surface area (Å²) in [6.07, 6.45) is 3.23. The van der Waals surface area contributed by atoms with Crippen LogP contribution in [-0.2, 0) is 17.8 Å². The first-order valence-corrected chi connectivity index (χ1v) is 7.46. The van der Waals surface area contributed by atoms with E-state index in [1.807, 2.05) is 66.1 Å². The van der Waals surface area contributed by atoms with E-state index in [-0.39, 0.29) is 5.91 Å². The Morgan fingerprint density at radius 2 is 1.95 bits per heavy atom. The fourth-order valence-corrected chi connectivity index (χ4v) is 2.46. The molecule has 3 aromatic rings. The Balaban J connectivity index is 1.55. The van der Waals surface area contributed by atoms with Crippen molar-refractivity contribution < 1.29 is 4.79 Å². The smallest absolute Gasteiger partial charge is 0.220 e. The van der Waals surface area contributed by atoms with Crippen molar-refractivity contribution in [3.05, 3.63) is 71.7 Å². The summed E-state index contributed by atoms with van der Waals surface area (Å²) in [5.41, 5.74) is 4.10. The largest absolute Gasteiger partial charge is 0.350 e. The first-order chi connectivity index (χ1) is 10.7. The molecule has 0 atom stereocenters. The molecule has 3 rings (SSSR count). The number of carbonyl (C=O) groups is 1. The summed E-state index contributed by atoms with van der Waals surface area (Å²) in [4.78, 5) is 16.4. The average molecular weight is 293 g/mol. The zero-order chi connectivity index (χ0) is 15.4. The average Bonchev–Trinajstić information content (AvgIpc) is 2.96. The number of hydrogen-bond acceptors (Lipinski definition) is 2. The zero-order valence-corrected chi connectivity index (χ0v) is 12.6. The lowest BCUT2D eigenvalue weighted by Gasteiger charge is -2.03. The van der Waals surface area contributed by atoms with Gasteiger partial charge in [0.2, 0.25) is 5.91 Å². The number of benzene rings is 1. The van der Waals surface area contributed by atoms with Gasteiger partial charge in [-0.15, -0.1) is 0 Å². The summed E-state index contributed by atoms with van der Waals surface area (Å²) in [5, 5.41) is 2.93. The molecule has 2 aromatic heterocycles. The number of fused-ring (bicyclic) bond motifs is 1. The van der Waals surface area contributed by atoms with Crippen molar-refractivity contribution >= 4 is 11.6 Å². The topological polar surface area (TPSA) is 46.4 Å². The minimum Gasteiger partial charge on any atom is -0.350 e. The first-order valence-electron chi connectivity index (χ1n) is 7.46. The molecular formula is C18H19N3O. The molecular weight excluding hydrogens is 274 g/mol. The second-order valence-corrected chi connectivity index (χ2v) is 5.39. The molecule has 0 saturated carbocycles. The predicted octanol–water partition coefficient (Wildman–Crippen LogP) is 2.89. The SMILES string of the molecule is Cc1cccc2nc(CNC(=O)CCc3ccccc3)cn12. The molecule has 4 nitrogen and oxygen atoms in total. The Kier molecular flexibility index (Phi) is 4.19. The Labute approximate surface area is 129 Å². The second-order valence-electron chi connectivity index (χ2n) is 5.39. The van der Waals surface area contributed by atoms with E-state index in [1.165, 1.54) is 5.56 Å². The van der Waals surface area contributed by atoms with E-state index in [0.717, 1.165) is 23.5 Å². The highest BCUT2D eigenvalue weighted by Gasteiger charge is 2.06. The third kappa shape index (κ3) is 3.34. The van der Waals surface area contributed by atoms with Crippen LogP contribution in [0, 0.1) is 6.92 Å². The molecule has 1 aromatic carbocycles. The molecule has 0 fully saturated rings. The fourth-order valence-electron chi connectivity index (χ4n) is 2.46.